The highest BCUT2D eigenvalue weighted by atomic mass is 16.6. The number of esters is 1. The van der Waals surface area contributed by atoms with Crippen molar-refractivity contribution in [2.45, 2.75) is 19.8 Å². The summed E-state index contributed by atoms with van der Waals surface area (Å²) in [6.07, 6.45) is 1.70. The van der Waals surface area contributed by atoms with Crippen molar-refractivity contribution in [3.63, 3.8) is 0 Å². The average Bonchev–Trinajstić information content (AvgIpc) is 2.38. The molecule has 1 rings (SSSR count). The average molecular weight is 253 g/mol. The van der Waals surface area contributed by atoms with E-state index >= 15 is 0 Å². The SMILES string of the molecule is CCCCOC(=O)c1ccc([N+](=O)[O-])cc1OC. The van der Waals surface area contributed by atoms with Gasteiger partial charge in [0.25, 0.3) is 5.69 Å². The second-order valence-corrected chi connectivity index (χ2v) is 3.63. The summed E-state index contributed by atoms with van der Waals surface area (Å²) in [6, 6.07) is 3.79. The van der Waals surface area contributed by atoms with Gasteiger partial charge in [-0.1, -0.05) is 13.3 Å². The van der Waals surface area contributed by atoms with Gasteiger partial charge in [0.15, 0.2) is 0 Å². The topological polar surface area (TPSA) is 78.7 Å². The number of hydrogen-bond acceptors (Lipinski definition) is 5. The Bertz CT molecular complexity index is 444. The van der Waals surface area contributed by atoms with Gasteiger partial charge in [0.1, 0.15) is 11.3 Å². The van der Waals surface area contributed by atoms with Crippen molar-refractivity contribution in [1.82, 2.24) is 0 Å². The molecule has 0 unspecified atom stereocenters. The van der Waals surface area contributed by atoms with Crippen LogP contribution in [-0.4, -0.2) is 24.6 Å². The monoisotopic (exact) mass is 253 g/mol. The third-order valence-corrected chi connectivity index (χ3v) is 2.35. The largest absolute Gasteiger partial charge is 0.496 e. The second-order valence-electron chi connectivity index (χ2n) is 3.63. The molecule has 0 aliphatic carbocycles. The highest BCUT2D eigenvalue weighted by molar-refractivity contribution is 5.92. The minimum Gasteiger partial charge on any atom is -0.496 e. The fourth-order valence-electron chi connectivity index (χ4n) is 1.35. The van der Waals surface area contributed by atoms with E-state index in [-0.39, 0.29) is 17.0 Å². The first-order valence-corrected chi connectivity index (χ1v) is 5.59. The number of ether oxygens (including phenoxy) is 2. The van der Waals surface area contributed by atoms with Crippen LogP contribution in [0.15, 0.2) is 18.2 Å². The lowest BCUT2D eigenvalue weighted by Crippen LogP contribution is -2.08. The van der Waals surface area contributed by atoms with E-state index in [1.54, 1.807) is 0 Å². The summed E-state index contributed by atoms with van der Waals surface area (Å²) in [4.78, 5) is 21.8. The summed E-state index contributed by atoms with van der Waals surface area (Å²) in [7, 11) is 1.35. The normalized spacial score (nSPS) is 9.89. The lowest BCUT2D eigenvalue weighted by molar-refractivity contribution is -0.384. The van der Waals surface area contributed by atoms with E-state index in [9.17, 15) is 14.9 Å². The van der Waals surface area contributed by atoms with Gasteiger partial charge in [0, 0.05) is 6.07 Å². The fraction of sp³-hybridized carbons (Fsp3) is 0.417. The summed E-state index contributed by atoms with van der Waals surface area (Å²) >= 11 is 0. The molecule has 6 heteroatoms. The highest BCUT2D eigenvalue weighted by Crippen LogP contribution is 2.25. The van der Waals surface area contributed by atoms with Crippen molar-refractivity contribution in [1.29, 1.82) is 0 Å². The van der Waals surface area contributed by atoms with Gasteiger partial charge >= 0.3 is 5.97 Å². The summed E-state index contributed by atoms with van der Waals surface area (Å²) in [6.45, 7) is 2.32. The Morgan fingerprint density at radius 1 is 1.44 bits per heavy atom. The number of carbonyl (C=O) groups is 1. The minimum atomic E-state index is -0.547. The maximum absolute atomic E-state index is 11.7. The van der Waals surface area contributed by atoms with Gasteiger partial charge in [0.05, 0.1) is 24.7 Å². The first-order valence-electron chi connectivity index (χ1n) is 5.59. The Morgan fingerprint density at radius 2 is 2.17 bits per heavy atom. The van der Waals surface area contributed by atoms with E-state index in [1.165, 1.54) is 25.3 Å². The molecule has 0 aromatic heterocycles. The van der Waals surface area contributed by atoms with Crippen molar-refractivity contribution in [3.05, 3.63) is 33.9 Å². The molecule has 0 saturated carbocycles. The van der Waals surface area contributed by atoms with Gasteiger partial charge in [-0.25, -0.2) is 4.79 Å². The Hall–Kier alpha value is -2.11. The zero-order valence-corrected chi connectivity index (χ0v) is 10.3. The summed E-state index contributed by atoms with van der Waals surface area (Å²) in [5.41, 5.74) is 0.0659. The van der Waals surface area contributed by atoms with Crippen molar-refractivity contribution < 1.29 is 19.2 Å². The van der Waals surface area contributed by atoms with Gasteiger partial charge in [-0.05, 0) is 12.5 Å². The summed E-state index contributed by atoms with van der Waals surface area (Å²) in [5, 5.41) is 10.6. The third-order valence-electron chi connectivity index (χ3n) is 2.35. The molecule has 1 aromatic carbocycles. The quantitative estimate of drug-likeness (QED) is 0.337. The molecule has 0 spiro atoms. The molecule has 0 saturated heterocycles. The van der Waals surface area contributed by atoms with E-state index < -0.39 is 10.9 Å². The Kier molecular flexibility index (Phi) is 5.10. The molecule has 0 atom stereocenters. The molecule has 0 aliphatic rings. The van der Waals surface area contributed by atoms with E-state index in [0.29, 0.717) is 6.61 Å². The lowest BCUT2D eigenvalue weighted by atomic mass is 10.2. The van der Waals surface area contributed by atoms with Crippen molar-refractivity contribution >= 4 is 11.7 Å². The van der Waals surface area contributed by atoms with Crippen molar-refractivity contribution in [3.8, 4) is 5.75 Å². The number of nitro groups is 1. The zero-order chi connectivity index (χ0) is 13.5. The number of rotatable bonds is 6. The number of benzene rings is 1. The van der Waals surface area contributed by atoms with Crippen LogP contribution in [0.2, 0.25) is 0 Å². The Balaban J connectivity index is 2.88. The Labute approximate surface area is 105 Å². The molecule has 0 fully saturated rings. The number of carbonyl (C=O) groups excluding carboxylic acids is 1. The number of nitrogens with zero attached hydrogens (tertiary/aromatic N) is 1. The van der Waals surface area contributed by atoms with E-state index in [1.807, 2.05) is 6.92 Å². The van der Waals surface area contributed by atoms with Gasteiger partial charge in [-0.3, -0.25) is 10.1 Å². The maximum Gasteiger partial charge on any atom is 0.341 e. The van der Waals surface area contributed by atoms with Gasteiger partial charge in [-0.15, -0.1) is 0 Å². The van der Waals surface area contributed by atoms with Crippen LogP contribution in [0.3, 0.4) is 0 Å². The number of unbranched alkanes of at least 4 members (excludes halogenated alkanes) is 1. The highest BCUT2D eigenvalue weighted by Gasteiger charge is 2.17. The molecule has 0 amide bonds. The van der Waals surface area contributed by atoms with E-state index in [0.717, 1.165) is 12.8 Å². The number of hydrogen-bond donors (Lipinski definition) is 0. The van der Waals surface area contributed by atoms with Crippen LogP contribution in [-0.2, 0) is 4.74 Å². The predicted octanol–water partition coefficient (Wildman–Crippen LogP) is 2.56. The number of non-ortho nitro benzene ring substituents is 1. The zero-order valence-electron chi connectivity index (χ0n) is 10.3. The molecule has 98 valence electrons. The third kappa shape index (κ3) is 3.44. The molecule has 6 nitrogen and oxygen atoms in total. The molecular weight excluding hydrogens is 238 g/mol. The van der Waals surface area contributed by atoms with Crippen LogP contribution >= 0.6 is 0 Å². The lowest BCUT2D eigenvalue weighted by Gasteiger charge is -2.08. The molecule has 0 bridgehead atoms. The standard InChI is InChI=1S/C12H15NO5/c1-3-4-7-18-12(14)10-6-5-9(13(15)16)8-11(10)17-2/h5-6,8H,3-4,7H2,1-2H3. The van der Waals surface area contributed by atoms with Crippen molar-refractivity contribution in [2.75, 3.05) is 13.7 Å². The van der Waals surface area contributed by atoms with Crippen LogP contribution < -0.4 is 4.74 Å². The first kappa shape index (κ1) is 14.0. The smallest absolute Gasteiger partial charge is 0.341 e. The first-order chi connectivity index (χ1) is 8.60. The molecule has 0 N–H and O–H groups in total. The van der Waals surface area contributed by atoms with E-state index in [2.05, 4.69) is 0 Å². The van der Waals surface area contributed by atoms with Gasteiger partial charge in [-0.2, -0.15) is 0 Å². The van der Waals surface area contributed by atoms with Crippen LogP contribution in [0.1, 0.15) is 30.1 Å². The molecule has 18 heavy (non-hydrogen) atoms. The number of nitro benzene ring substituents is 1. The summed E-state index contributed by atoms with van der Waals surface area (Å²) in [5.74, 6) is -0.388. The molecular formula is C12H15NO5. The van der Waals surface area contributed by atoms with Crippen LogP contribution in [0.25, 0.3) is 0 Å². The van der Waals surface area contributed by atoms with Gasteiger partial charge < -0.3 is 9.47 Å². The Morgan fingerprint density at radius 3 is 2.72 bits per heavy atom. The van der Waals surface area contributed by atoms with Crippen LogP contribution in [0.4, 0.5) is 5.69 Å². The fourth-order valence-corrected chi connectivity index (χ4v) is 1.35. The molecule has 0 aliphatic heterocycles. The summed E-state index contributed by atoms with van der Waals surface area (Å²) < 4.78 is 9.98. The van der Waals surface area contributed by atoms with Gasteiger partial charge in [0.2, 0.25) is 0 Å². The molecule has 1 aromatic rings. The maximum atomic E-state index is 11.7. The van der Waals surface area contributed by atoms with Crippen molar-refractivity contribution in [2.24, 2.45) is 0 Å². The predicted molar refractivity (Wildman–Crippen MR) is 64.8 cm³/mol. The molecule has 0 radical (unpaired) electrons. The second kappa shape index (κ2) is 6.58. The van der Waals surface area contributed by atoms with E-state index in [4.69, 9.17) is 9.47 Å². The number of methoxy groups -OCH3 is 1. The van der Waals surface area contributed by atoms with Crippen LogP contribution in [0, 0.1) is 10.1 Å². The molecule has 0 heterocycles. The minimum absolute atomic E-state index is 0.128. The van der Waals surface area contributed by atoms with Crippen LogP contribution in [0.5, 0.6) is 5.75 Å².